The molecule has 8 nitrogen and oxygen atoms in total. The average Bonchev–Trinajstić information content (AvgIpc) is 3.52. The van der Waals surface area contributed by atoms with E-state index >= 15 is 0 Å². The third-order valence-corrected chi connectivity index (χ3v) is 6.16. The van der Waals surface area contributed by atoms with Crippen molar-refractivity contribution in [3.63, 3.8) is 0 Å². The number of para-hydroxylation sites is 1. The molecule has 2 aliphatic rings. The van der Waals surface area contributed by atoms with E-state index in [0.717, 1.165) is 29.6 Å². The van der Waals surface area contributed by atoms with Crippen LogP contribution in [-0.4, -0.2) is 84.2 Å². The van der Waals surface area contributed by atoms with Crippen LogP contribution in [0.3, 0.4) is 0 Å². The van der Waals surface area contributed by atoms with Gasteiger partial charge in [-0.25, -0.2) is 4.79 Å². The summed E-state index contributed by atoms with van der Waals surface area (Å²) in [5, 5.41) is 12.1. The zero-order valence-corrected chi connectivity index (χ0v) is 17.5. The summed E-state index contributed by atoms with van der Waals surface area (Å²) in [5.74, 6) is -0.248. The van der Waals surface area contributed by atoms with Gasteiger partial charge < -0.3 is 25.0 Å². The predicted octanol–water partition coefficient (Wildman–Crippen LogP) is 1.08. The van der Waals surface area contributed by atoms with Crippen molar-refractivity contribution in [1.82, 2.24) is 10.2 Å². The van der Waals surface area contributed by atoms with Gasteiger partial charge in [-0.3, -0.25) is 9.59 Å². The molecule has 1 aromatic rings. The second-order valence-electron chi connectivity index (χ2n) is 6.83. The lowest BCUT2D eigenvalue weighted by Crippen LogP contribution is -2.49. The molecule has 2 atom stereocenters. The van der Waals surface area contributed by atoms with Crippen LogP contribution in [0.4, 0.5) is 5.69 Å². The highest BCUT2D eigenvalue weighted by atomic mass is 35.5. The minimum atomic E-state index is -1.12. The first-order chi connectivity index (χ1) is 14.0. The Morgan fingerprint density at radius 3 is 2.55 bits per heavy atom. The maximum absolute atomic E-state index is 12.4. The topological polar surface area (TPSA) is 102 Å². The van der Waals surface area contributed by atoms with Crippen molar-refractivity contribution in [3.8, 4) is 0 Å². The highest BCUT2D eigenvalue weighted by Gasteiger charge is 2.50. The van der Waals surface area contributed by atoms with Crippen molar-refractivity contribution >= 4 is 46.8 Å². The number of hydrogen-bond donors (Lipinski definition) is 2. The fourth-order valence-electron chi connectivity index (χ4n) is 3.14. The molecule has 0 aromatic heterocycles. The number of carbonyl (C=O) groups excluding carboxylic acids is 2. The van der Waals surface area contributed by atoms with Crippen molar-refractivity contribution < 1.29 is 24.2 Å². The van der Waals surface area contributed by atoms with Gasteiger partial charge in [0.25, 0.3) is 5.91 Å². The highest BCUT2D eigenvalue weighted by Crippen LogP contribution is 2.26. The standard InChI is InChI=1S/C19H24ClN3O5S/c20-13-4-1-2-5-14(13)22-7-9-23(10-8-22)15(24)12-29-11-3-6-21-18(25)16-17(28-16)19(26)27/h1-2,4-5,16-17H,3,6-12H2,(H,21,25)(H,26,27)/t16-,17-/m0/s1. The summed E-state index contributed by atoms with van der Waals surface area (Å²) in [5.41, 5.74) is 1.00. The Hall–Kier alpha value is -1.97. The Morgan fingerprint density at radius 1 is 1.17 bits per heavy atom. The van der Waals surface area contributed by atoms with E-state index in [1.54, 1.807) is 0 Å². The minimum Gasteiger partial charge on any atom is -0.479 e. The van der Waals surface area contributed by atoms with Crippen LogP contribution in [0.25, 0.3) is 0 Å². The number of epoxide rings is 1. The first-order valence-corrected chi connectivity index (χ1v) is 11.0. The van der Waals surface area contributed by atoms with Crippen LogP contribution in [0.1, 0.15) is 6.42 Å². The Morgan fingerprint density at radius 2 is 1.90 bits per heavy atom. The van der Waals surface area contributed by atoms with Crippen LogP contribution >= 0.6 is 23.4 Å². The molecule has 10 heteroatoms. The zero-order chi connectivity index (χ0) is 20.8. The lowest BCUT2D eigenvalue weighted by atomic mass is 10.2. The number of halogens is 1. The van der Waals surface area contributed by atoms with E-state index in [0.29, 0.717) is 31.8 Å². The lowest BCUT2D eigenvalue weighted by molar-refractivity contribution is -0.138. The first-order valence-electron chi connectivity index (χ1n) is 9.48. The monoisotopic (exact) mass is 441 g/mol. The molecule has 2 N–H and O–H groups in total. The smallest absolute Gasteiger partial charge is 0.336 e. The van der Waals surface area contributed by atoms with Crippen LogP contribution in [0.2, 0.25) is 5.02 Å². The molecule has 1 aromatic carbocycles. The summed E-state index contributed by atoms with van der Waals surface area (Å²) in [4.78, 5) is 38.7. The van der Waals surface area contributed by atoms with E-state index in [-0.39, 0.29) is 5.91 Å². The van der Waals surface area contributed by atoms with E-state index in [4.69, 9.17) is 21.4 Å². The number of hydrogen-bond acceptors (Lipinski definition) is 6. The molecular weight excluding hydrogens is 418 g/mol. The van der Waals surface area contributed by atoms with Crippen molar-refractivity contribution in [2.45, 2.75) is 18.6 Å². The van der Waals surface area contributed by atoms with E-state index in [9.17, 15) is 14.4 Å². The molecule has 2 fully saturated rings. The fourth-order valence-corrected chi connectivity index (χ4v) is 4.25. The molecule has 158 valence electrons. The maximum atomic E-state index is 12.4. The van der Waals surface area contributed by atoms with Gasteiger partial charge in [0.2, 0.25) is 5.91 Å². The van der Waals surface area contributed by atoms with E-state index in [2.05, 4.69) is 10.2 Å². The number of aliphatic carboxylic acids is 1. The SMILES string of the molecule is O=C(O)[C@H]1O[C@@H]1C(=O)NCCCSCC(=O)N1CCN(c2ccccc2Cl)CC1. The van der Waals surface area contributed by atoms with Crippen LogP contribution in [0.15, 0.2) is 24.3 Å². The molecule has 29 heavy (non-hydrogen) atoms. The number of anilines is 1. The molecule has 2 saturated heterocycles. The van der Waals surface area contributed by atoms with Gasteiger partial charge in [0, 0.05) is 32.7 Å². The summed E-state index contributed by atoms with van der Waals surface area (Å²) in [6, 6.07) is 7.72. The largest absolute Gasteiger partial charge is 0.479 e. The van der Waals surface area contributed by atoms with Crippen molar-refractivity contribution in [2.75, 3.05) is 49.1 Å². The predicted molar refractivity (Wildman–Crippen MR) is 111 cm³/mol. The van der Waals surface area contributed by atoms with E-state index in [1.807, 2.05) is 29.2 Å². The third-order valence-electron chi connectivity index (χ3n) is 4.81. The molecule has 0 radical (unpaired) electrons. The van der Waals surface area contributed by atoms with Crippen LogP contribution < -0.4 is 10.2 Å². The van der Waals surface area contributed by atoms with Gasteiger partial charge in [-0.15, -0.1) is 0 Å². The van der Waals surface area contributed by atoms with Gasteiger partial charge in [-0.05, 0) is 24.3 Å². The number of rotatable bonds is 9. The number of piperazine rings is 1. The molecule has 0 unspecified atom stereocenters. The van der Waals surface area contributed by atoms with Gasteiger partial charge in [0.15, 0.2) is 12.2 Å². The third kappa shape index (κ3) is 6.01. The van der Waals surface area contributed by atoms with Crippen LogP contribution in [0.5, 0.6) is 0 Å². The van der Waals surface area contributed by atoms with Crippen molar-refractivity contribution in [1.29, 1.82) is 0 Å². The first kappa shape index (κ1) is 21.7. The Balaban J connectivity index is 1.26. The number of carboxylic acids is 1. The van der Waals surface area contributed by atoms with Crippen LogP contribution in [-0.2, 0) is 19.1 Å². The van der Waals surface area contributed by atoms with E-state index in [1.165, 1.54) is 11.8 Å². The number of benzene rings is 1. The second kappa shape index (κ2) is 10.2. The highest BCUT2D eigenvalue weighted by molar-refractivity contribution is 7.99. The number of nitrogens with one attached hydrogen (secondary N) is 1. The normalized spacial score (nSPS) is 21.0. The Labute approximate surface area is 178 Å². The molecular formula is C19H24ClN3O5S. The molecule has 3 rings (SSSR count). The summed E-state index contributed by atoms with van der Waals surface area (Å²) in [7, 11) is 0. The molecule has 0 aliphatic carbocycles. The molecule has 0 spiro atoms. The molecule has 0 bridgehead atoms. The summed E-state index contributed by atoms with van der Waals surface area (Å²) in [6.45, 7) is 3.29. The van der Waals surface area contributed by atoms with Crippen LogP contribution in [0, 0.1) is 0 Å². The van der Waals surface area contributed by atoms with E-state index < -0.39 is 24.1 Å². The molecule has 0 saturated carbocycles. The average molecular weight is 442 g/mol. The number of ether oxygens (including phenoxy) is 1. The summed E-state index contributed by atoms with van der Waals surface area (Å²) >= 11 is 7.78. The Bertz CT molecular complexity index is 757. The van der Waals surface area contributed by atoms with Crippen molar-refractivity contribution in [2.24, 2.45) is 0 Å². The van der Waals surface area contributed by atoms with Gasteiger partial charge in [-0.2, -0.15) is 11.8 Å². The Kier molecular flexibility index (Phi) is 7.63. The van der Waals surface area contributed by atoms with Gasteiger partial charge in [0.05, 0.1) is 16.5 Å². The number of nitrogens with zero attached hydrogens (tertiary/aromatic N) is 2. The molecule has 2 heterocycles. The molecule has 2 aliphatic heterocycles. The molecule has 2 amide bonds. The van der Waals surface area contributed by atoms with Gasteiger partial charge in [-0.1, -0.05) is 23.7 Å². The summed E-state index contributed by atoms with van der Waals surface area (Å²) < 4.78 is 4.78. The lowest BCUT2D eigenvalue weighted by Gasteiger charge is -2.36. The van der Waals surface area contributed by atoms with Crippen molar-refractivity contribution in [3.05, 3.63) is 29.3 Å². The number of thioether (sulfide) groups is 1. The quantitative estimate of drug-likeness (QED) is 0.436. The second-order valence-corrected chi connectivity index (χ2v) is 8.34. The van der Waals surface area contributed by atoms with Gasteiger partial charge >= 0.3 is 5.97 Å². The fraction of sp³-hybridized carbons (Fsp3) is 0.526. The minimum absolute atomic E-state index is 0.119. The number of amides is 2. The number of carboxylic acid groups (broad SMARTS) is 1. The zero-order valence-electron chi connectivity index (χ0n) is 15.9. The van der Waals surface area contributed by atoms with Gasteiger partial charge in [0.1, 0.15) is 0 Å². The number of carbonyl (C=O) groups is 3. The summed E-state index contributed by atoms with van der Waals surface area (Å²) in [6.07, 6.45) is -1.18. The maximum Gasteiger partial charge on any atom is 0.336 e.